The second-order valence-corrected chi connectivity index (χ2v) is 3.44. The Morgan fingerprint density at radius 2 is 2.23 bits per heavy atom. The van der Waals surface area contributed by atoms with Gasteiger partial charge in [-0.15, -0.1) is 0 Å². The number of hydrogen-bond donors (Lipinski definition) is 1. The summed E-state index contributed by atoms with van der Waals surface area (Å²) in [6.45, 7) is 0.727. The number of halogens is 1. The van der Waals surface area contributed by atoms with Crippen molar-refractivity contribution in [3.63, 3.8) is 0 Å². The molecule has 0 saturated heterocycles. The van der Waals surface area contributed by atoms with Gasteiger partial charge in [0.2, 0.25) is 0 Å². The van der Waals surface area contributed by atoms with Gasteiger partial charge in [0.15, 0.2) is 0 Å². The van der Waals surface area contributed by atoms with Crippen LogP contribution in [-0.2, 0) is 0 Å². The van der Waals surface area contributed by atoms with Gasteiger partial charge >= 0.3 is 0 Å². The largest absolute Gasteiger partial charge is 0.493 e. The van der Waals surface area contributed by atoms with E-state index in [-0.39, 0.29) is 5.69 Å². The predicted molar refractivity (Wildman–Crippen MR) is 49.0 cm³/mol. The lowest BCUT2D eigenvalue weighted by molar-refractivity contribution is 0.299. The van der Waals surface area contributed by atoms with Crippen molar-refractivity contribution in [3.05, 3.63) is 24.0 Å². The zero-order chi connectivity index (χ0) is 9.26. The van der Waals surface area contributed by atoms with E-state index in [2.05, 4.69) is 0 Å². The summed E-state index contributed by atoms with van der Waals surface area (Å²) in [6.07, 6.45) is 2.49. The maximum atomic E-state index is 12.7. The maximum Gasteiger partial charge on any atom is 0.146 e. The molecule has 0 aliphatic heterocycles. The quantitative estimate of drug-likeness (QED) is 0.725. The summed E-state index contributed by atoms with van der Waals surface area (Å²) in [5, 5.41) is 0. The molecule has 1 fully saturated rings. The highest BCUT2D eigenvalue weighted by atomic mass is 19.1. The summed E-state index contributed by atoms with van der Waals surface area (Å²) >= 11 is 0. The van der Waals surface area contributed by atoms with Crippen molar-refractivity contribution in [3.8, 4) is 5.75 Å². The van der Waals surface area contributed by atoms with E-state index in [9.17, 15) is 4.39 Å². The van der Waals surface area contributed by atoms with Crippen LogP contribution in [0.5, 0.6) is 5.75 Å². The monoisotopic (exact) mass is 181 g/mol. The minimum Gasteiger partial charge on any atom is -0.493 e. The zero-order valence-electron chi connectivity index (χ0n) is 7.29. The normalized spacial score (nSPS) is 15.8. The van der Waals surface area contributed by atoms with E-state index in [1.165, 1.54) is 25.0 Å². The Labute approximate surface area is 76.5 Å². The van der Waals surface area contributed by atoms with Gasteiger partial charge in [0.05, 0.1) is 12.3 Å². The van der Waals surface area contributed by atoms with E-state index in [0.717, 1.165) is 6.61 Å². The minimum atomic E-state index is -0.390. The van der Waals surface area contributed by atoms with Crippen LogP contribution in [0.25, 0.3) is 0 Å². The van der Waals surface area contributed by atoms with Gasteiger partial charge in [0, 0.05) is 6.07 Å². The molecule has 0 atom stereocenters. The third-order valence-electron chi connectivity index (χ3n) is 2.15. The molecular formula is C10H12FNO. The minimum absolute atomic E-state index is 0.147. The highest BCUT2D eigenvalue weighted by molar-refractivity contribution is 5.45. The zero-order valence-corrected chi connectivity index (χ0v) is 7.29. The van der Waals surface area contributed by atoms with Gasteiger partial charge in [-0.3, -0.25) is 0 Å². The first-order chi connectivity index (χ1) is 6.25. The lowest BCUT2D eigenvalue weighted by Crippen LogP contribution is -2.00. The molecule has 0 bridgehead atoms. The SMILES string of the molecule is Nc1cc(OCC2CC2)ccc1F. The molecular weight excluding hydrogens is 169 g/mol. The number of hydrogen-bond acceptors (Lipinski definition) is 2. The van der Waals surface area contributed by atoms with Gasteiger partial charge < -0.3 is 10.5 Å². The number of anilines is 1. The number of nitrogens with two attached hydrogens (primary N) is 1. The number of rotatable bonds is 3. The average molecular weight is 181 g/mol. The van der Waals surface area contributed by atoms with Crippen molar-refractivity contribution in [1.82, 2.24) is 0 Å². The van der Waals surface area contributed by atoms with Gasteiger partial charge in [-0.05, 0) is 30.9 Å². The van der Waals surface area contributed by atoms with Crippen molar-refractivity contribution in [2.24, 2.45) is 5.92 Å². The molecule has 2 rings (SSSR count). The maximum absolute atomic E-state index is 12.7. The molecule has 1 aliphatic rings. The second kappa shape index (κ2) is 3.24. The molecule has 0 spiro atoms. The fraction of sp³-hybridized carbons (Fsp3) is 0.400. The molecule has 1 saturated carbocycles. The molecule has 0 radical (unpaired) electrons. The summed E-state index contributed by atoms with van der Waals surface area (Å²) in [7, 11) is 0. The summed E-state index contributed by atoms with van der Waals surface area (Å²) in [5.74, 6) is 0.968. The van der Waals surface area contributed by atoms with Gasteiger partial charge in [0.25, 0.3) is 0 Å². The van der Waals surface area contributed by atoms with Gasteiger partial charge in [-0.25, -0.2) is 4.39 Å². The molecule has 1 aromatic rings. The van der Waals surface area contributed by atoms with Crippen molar-refractivity contribution in [1.29, 1.82) is 0 Å². The van der Waals surface area contributed by atoms with Crippen molar-refractivity contribution in [2.45, 2.75) is 12.8 Å². The lowest BCUT2D eigenvalue weighted by atomic mass is 10.3. The molecule has 0 heterocycles. The Balaban J connectivity index is 1.98. The van der Waals surface area contributed by atoms with E-state index in [0.29, 0.717) is 11.7 Å². The van der Waals surface area contributed by atoms with E-state index in [1.54, 1.807) is 6.07 Å². The first kappa shape index (κ1) is 8.35. The van der Waals surface area contributed by atoms with Crippen LogP contribution >= 0.6 is 0 Å². The average Bonchev–Trinajstić information content (AvgIpc) is 2.91. The molecule has 2 nitrogen and oxygen atoms in total. The Hall–Kier alpha value is -1.25. The first-order valence-corrected chi connectivity index (χ1v) is 4.43. The summed E-state index contributed by atoms with van der Waals surface area (Å²) in [6, 6.07) is 4.46. The lowest BCUT2D eigenvalue weighted by Gasteiger charge is -2.05. The van der Waals surface area contributed by atoms with Crippen LogP contribution < -0.4 is 10.5 Å². The van der Waals surface area contributed by atoms with Gasteiger partial charge in [-0.1, -0.05) is 0 Å². The summed E-state index contributed by atoms with van der Waals surface area (Å²) in [5.41, 5.74) is 5.53. The fourth-order valence-corrected chi connectivity index (χ4v) is 1.11. The van der Waals surface area contributed by atoms with Crippen LogP contribution in [0.3, 0.4) is 0 Å². The number of ether oxygens (including phenoxy) is 1. The van der Waals surface area contributed by atoms with Crippen LogP contribution in [0, 0.1) is 11.7 Å². The van der Waals surface area contributed by atoms with Crippen LogP contribution in [0.15, 0.2) is 18.2 Å². The Kier molecular flexibility index (Phi) is 2.08. The Morgan fingerprint density at radius 3 is 2.85 bits per heavy atom. The Morgan fingerprint density at radius 1 is 1.46 bits per heavy atom. The van der Waals surface area contributed by atoms with E-state index < -0.39 is 5.82 Å². The fourth-order valence-electron chi connectivity index (χ4n) is 1.11. The predicted octanol–water partition coefficient (Wildman–Crippen LogP) is 2.20. The van der Waals surface area contributed by atoms with Crippen molar-refractivity contribution >= 4 is 5.69 Å². The van der Waals surface area contributed by atoms with Crippen molar-refractivity contribution in [2.75, 3.05) is 12.3 Å². The van der Waals surface area contributed by atoms with Crippen LogP contribution in [-0.4, -0.2) is 6.61 Å². The molecule has 70 valence electrons. The molecule has 1 aromatic carbocycles. The first-order valence-electron chi connectivity index (χ1n) is 4.43. The summed E-state index contributed by atoms with van der Waals surface area (Å²) < 4.78 is 18.1. The van der Waals surface area contributed by atoms with E-state index >= 15 is 0 Å². The van der Waals surface area contributed by atoms with Crippen LogP contribution in [0.1, 0.15) is 12.8 Å². The molecule has 1 aliphatic carbocycles. The van der Waals surface area contributed by atoms with Crippen molar-refractivity contribution < 1.29 is 9.13 Å². The third-order valence-corrected chi connectivity index (χ3v) is 2.15. The second-order valence-electron chi connectivity index (χ2n) is 3.44. The summed E-state index contributed by atoms with van der Waals surface area (Å²) in [4.78, 5) is 0. The number of nitrogen functional groups attached to an aromatic ring is 1. The van der Waals surface area contributed by atoms with Gasteiger partial charge in [0.1, 0.15) is 11.6 Å². The highest BCUT2D eigenvalue weighted by Gasteiger charge is 2.21. The number of benzene rings is 1. The van der Waals surface area contributed by atoms with E-state index in [1.807, 2.05) is 0 Å². The highest BCUT2D eigenvalue weighted by Crippen LogP contribution is 2.30. The molecule has 0 unspecified atom stereocenters. The standard InChI is InChI=1S/C10H12FNO/c11-9-4-3-8(5-10(9)12)13-6-7-1-2-7/h3-5,7H,1-2,6,12H2. The molecule has 2 N–H and O–H groups in total. The topological polar surface area (TPSA) is 35.2 Å². The molecule has 3 heteroatoms. The molecule has 0 aromatic heterocycles. The smallest absolute Gasteiger partial charge is 0.146 e. The van der Waals surface area contributed by atoms with E-state index in [4.69, 9.17) is 10.5 Å². The Bertz CT molecular complexity index is 310. The van der Waals surface area contributed by atoms with Crippen LogP contribution in [0.4, 0.5) is 10.1 Å². The third kappa shape index (κ3) is 2.11. The van der Waals surface area contributed by atoms with Gasteiger partial charge in [-0.2, -0.15) is 0 Å². The van der Waals surface area contributed by atoms with Crippen LogP contribution in [0.2, 0.25) is 0 Å². The molecule has 0 amide bonds. The molecule has 13 heavy (non-hydrogen) atoms.